The number of hydrogen-bond acceptors (Lipinski definition) is 3. The van der Waals surface area contributed by atoms with Crippen molar-refractivity contribution in [2.45, 2.75) is 26.7 Å². The Morgan fingerprint density at radius 3 is 2.39 bits per heavy atom. The van der Waals surface area contributed by atoms with Crippen LogP contribution in [0, 0.1) is 25.7 Å². The van der Waals surface area contributed by atoms with Crippen molar-refractivity contribution in [3.63, 3.8) is 0 Å². The lowest BCUT2D eigenvalue weighted by atomic mass is 9.86. The van der Waals surface area contributed by atoms with Crippen LogP contribution in [0.4, 0.5) is 0 Å². The van der Waals surface area contributed by atoms with Gasteiger partial charge in [0, 0.05) is 20.0 Å². The number of hydrogen-bond donors (Lipinski definition) is 0. The number of allylic oxidation sites excluding steroid dienone is 2. The summed E-state index contributed by atoms with van der Waals surface area (Å²) in [6.07, 6.45) is 6.67. The van der Waals surface area contributed by atoms with E-state index in [1.54, 1.807) is 6.92 Å². The minimum Gasteiger partial charge on any atom is -0.436 e. The number of oxazole rings is 1. The molecular weight excluding hydrogens is 228 g/mol. The summed E-state index contributed by atoms with van der Waals surface area (Å²) in [5.41, 5.74) is 0.700. The second-order valence-electron chi connectivity index (χ2n) is 5.32. The summed E-state index contributed by atoms with van der Waals surface area (Å²) in [4.78, 5) is 18.5. The number of aryl methyl sites for hydroxylation is 2. The highest BCUT2D eigenvalue weighted by molar-refractivity contribution is 5.92. The van der Waals surface area contributed by atoms with Gasteiger partial charge in [0.05, 0.1) is 5.69 Å². The molecule has 1 fully saturated rings. The molecule has 1 aliphatic carbocycles. The number of likely N-dealkylation sites (tertiary alicyclic amines) is 1. The van der Waals surface area contributed by atoms with Crippen molar-refractivity contribution in [1.29, 1.82) is 0 Å². The molecule has 0 N–H and O–H groups in total. The summed E-state index contributed by atoms with van der Waals surface area (Å²) in [5, 5.41) is 0. The quantitative estimate of drug-likeness (QED) is 0.714. The van der Waals surface area contributed by atoms with E-state index >= 15 is 0 Å². The minimum absolute atomic E-state index is 0.00231. The van der Waals surface area contributed by atoms with Crippen LogP contribution in [0.25, 0.3) is 0 Å². The lowest BCUT2D eigenvalue weighted by Gasteiger charge is -2.17. The Morgan fingerprint density at radius 1 is 1.28 bits per heavy atom. The average Bonchev–Trinajstić information content (AvgIpc) is 2.91. The van der Waals surface area contributed by atoms with Crippen LogP contribution in [0.2, 0.25) is 0 Å². The van der Waals surface area contributed by atoms with Crippen LogP contribution in [-0.4, -0.2) is 28.9 Å². The molecule has 0 spiro atoms. The standard InChI is InChI=1S/C14H18N2O2/c1-9-13(18-10(2)15-9)14(17)16-7-11-5-3-4-6-12(11)8-16/h3-4,11-12H,5-8H2,1-2H3. The third-order valence-electron chi connectivity index (χ3n) is 4.01. The molecule has 1 aromatic rings. The molecule has 2 aliphatic rings. The number of carbonyl (C=O) groups excluding carboxylic acids is 1. The summed E-state index contributed by atoms with van der Waals surface area (Å²) in [7, 11) is 0. The zero-order valence-corrected chi connectivity index (χ0v) is 10.8. The predicted octanol–water partition coefficient (Wildman–Crippen LogP) is 2.33. The summed E-state index contributed by atoms with van der Waals surface area (Å²) >= 11 is 0. The van der Waals surface area contributed by atoms with Crippen molar-refractivity contribution < 1.29 is 9.21 Å². The van der Waals surface area contributed by atoms with Gasteiger partial charge in [-0.2, -0.15) is 0 Å². The lowest BCUT2D eigenvalue weighted by molar-refractivity contribution is 0.0750. The maximum Gasteiger partial charge on any atom is 0.291 e. The van der Waals surface area contributed by atoms with Crippen molar-refractivity contribution in [2.24, 2.45) is 11.8 Å². The fourth-order valence-corrected chi connectivity index (χ4v) is 3.05. The van der Waals surface area contributed by atoms with Crippen LogP contribution in [0.5, 0.6) is 0 Å². The molecule has 0 saturated carbocycles. The summed E-state index contributed by atoms with van der Waals surface area (Å²) in [6, 6.07) is 0. The number of aromatic nitrogens is 1. The van der Waals surface area contributed by atoms with Crippen LogP contribution < -0.4 is 0 Å². The zero-order valence-electron chi connectivity index (χ0n) is 10.8. The van der Waals surface area contributed by atoms with Crippen molar-refractivity contribution in [3.8, 4) is 0 Å². The molecule has 0 radical (unpaired) electrons. The summed E-state index contributed by atoms with van der Waals surface area (Å²) in [5.74, 6) is 2.24. The molecule has 4 heteroatoms. The first-order chi connectivity index (χ1) is 8.65. The van der Waals surface area contributed by atoms with E-state index in [0.29, 0.717) is 29.2 Å². The third kappa shape index (κ3) is 1.85. The molecular formula is C14H18N2O2. The van der Waals surface area contributed by atoms with Crippen LogP contribution in [0.3, 0.4) is 0 Å². The van der Waals surface area contributed by atoms with Crippen LogP contribution >= 0.6 is 0 Å². The first-order valence-corrected chi connectivity index (χ1v) is 6.53. The first kappa shape index (κ1) is 11.5. The molecule has 2 atom stereocenters. The number of fused-ring (bicyclic) bond motifs is 1. The lowest BCUT2D eigenvalue weighted by Crippen LogP contribution is -2.29. The Morgan fingerprint density at radius 2 is 1.89 bits per heavy atom. The molecule has 96 valence electrons. The van der Waals surface area contributed by atoms with Gasteiger partial charge in [0.25, 0.3) is 5.91 Å². The highest BCUT2D eigenvalue weighted by Crippen LogP contribution is 2.33. The van der Waals surface area contributed by atoms with Crippen LogP contribution in [0.15, 0.2) is 16.6 Å². The van der Waals surface area contributed by atoms with E-state index in [-0.39, 0.29) is 5.91 Å². The first-order valence-electron chi connectivity index (χ1n) is 6.53. The van der Waals surface area contributed by atoms with E-state index in [1.165, 1.54) is 0 Å². The zero-order chi connectivity index (χ0) is 12.7. The van der Waals surface area contributed by atoms with Gasteiger partial charge in [-0.25, -0.2) is 4.98 Å². The topological polar surface area (TPSA) is 46.3 Å². The molecule has 18 heavy (non-hydrogen) atoms. The molecule has 1 aromatic heterocycles. The van der Waals surface area contributed by atoms with E-state index in [9.17, 15) is 4.79 Å². The van der Waals surface area contributed by atoms with Gasteiger partial charge < -0.3 is 9.32 Å². The predicted molar refractivity (Wildman–Crippen MR) is 67.2 cm³/mol. The normalized spacial score (nSPS) is 26.4. The van der Waals surface area contributed by atoms with Gasteiger partial charge in [-0.15, -0.1) is 0 Å². The van der Waals surface area contributed by atoms with Gasteiger partial charge in [-0.1, -0.05) is 12.2 Å². The van der Waals surface area contributed by atoms with Crippen LogP contribution in [0.1, 0.15) is 35.0 Å². The number of carbonyl (C=O) groups is 1. The van der Waals surface area contributed by atoms with Crippen molar-refractivity contribution in [2.75, 3.05) is 13.1 Å². The molecule has 1 saturated heterocycles. The summed E-state index contributed by atoms with van der Waals surface area (Å²) in [6.45, 7) is 5.31. The van der Waals surface area contributed by atoms with Crippen LogP contribution in [-0.2, 0) is 0 Å². The van der Waals surface area contributed by atoms with E-state index < -0.39 is 0 Å². The molecule has 0 aromatic carbocycles. The largest absolute Gasteiger partial charge is 0.436 e. The molecule has 1 aliphatic heterocycles. The fourth-order valence-electron chi connectivity index (χ4n) is 3.05. The Hall–Kier alpha value is -1.58. The molecule has 4 nitrogen and oxygen atoms in total. The maximum absolute atomic E-state index is 12.4. The highest BCUT2D eigenvalue weighted by Gasteiger charge is 2.36. The van der Waals surface area contributed by atoms with E-state index in [2.05, 4.69) is 17.1 Å². The SMILES string of the molecule is Cc1nc(C)c(C(=O)N2CC3CC=CCC3C2)o1. The van der Waals surface area contributed by atoms with Gasteiger partial charge in [0.2, 0.25) is 5.76 Å². The van der Waals surface area contributed by atoms with Crippen molar-refractivity contribution in [1.82, 2.24) is 9.88 Å². The molecule has 2 heterocycles. The minimum atomic E-state index is 0.00231. The van der Waals surface area contributed by atoms with E-state index in [4.69, 9.17) is 4.42 Å². The Kier molecular flexibility index (Phi) is 2.73. The van der Waals surface area contributed by atoms with Gasteiger partial charge in [0.15, 0.2) is 5.89 Å². The Bertz CT molecular complexity index is 488. The molecule has 3 rings (SSSR count). The van der Waals surface area contributed by atoms with Gasteiger partial charge in [0.1, 0.15) is 0 Å². The Labute approximate surface area is 107 Å². The smallest absolute Gasteiger partial charge is 0.291 e. The second-order valence-corrected chi connectivity index (χ2v) is 5.32. The number of amides is 1. The average molecular weight is 246 g/mol. The van der Waals surface area contributed by atoms with Crippen molar-refractivity contribution in [3.05, 3.63) is 29.5 Å². The van der Waals surface area contributed by atoms with Gasteiger partial charge in [-0.3, -0.25) is 4.79 Å². The fraction of sp³-hybridized carbons (Fsp3) is 0.571. The Balaban J connectivity index is 1.77. The van der Waals surface area contributed by atoms with E-state index in [1.807, 2.05) is 11.8 Å². The van der Waals surface area contributed by atoms with Gasteiger partial charge in [-0.05, 0) is 31.6 Å². The second kappa shape index (κ2) is 4.26. The number of nitrogens with zero attached hydrogens (tertiary/aromatic N) is 2. The van der Waals surface area contributed by atoms with Crippen molar-refractivity contribution >= 4 is 5.91 Å². The monoisotopic (exact) mass is 246 g/mol. The van der Waals surface area contributed by atoms with Gasteiger partial charge >= 0.3 is 0 Å². The third-order valence-corrected chi connectivity index (χ3v) is 4.01. The maximum atomic E-state index is 12.4. The molecule has 0 bridgehead atoms. The summed E-state index contributed by atoms with van der Waals surface area (Å²) < 4.78 is 5.42. The molecule has 1 amide bonds. The highest BCUT2D eigenvalue weighted by atomic mass is 16.4. The van der Waals surface area contributed by atoms with E-state index in [0.717, 1.165) is 25.9 Å². The number of rotatable bonds is 1. The molecule has 2 unspecified atom stereocenters.